The van der Waals surface area contributed by atoms with Crippen LogP contribution in [0.5, 0.6) is 0 Å². The number of carbonyl (C=O) groups is 2. The number of halogens is 1. The van der Waals surface area contributed by atoms with Gasteiger partial charge in [0.15, 0.2) is 5.96 Å². The van der Waals surface area contributed by atoms with Crippen molar-refractivity contribution in [1.82, 2.24) is 20.4 Å². The zero-order chi connectivity index (χ0) is 21.3. The van der Waals surface area contributed by atoms with Gasteiger partial charge in [-0.1, -0.05) is 12.1 Å². The van der Waals surface area contributed by atoms with Gasteiger partial charge in [0.05, 0.1) is 0 Å². The summed E-state index contributed by atoms with van der Waals surface area (Å²) in [7, 11) is 3.49. The van der Waals surface area contributed by atoms with Crippen molar-refractivity contribution in [2.75, 3.05) is 40.3 Å². The molecule has 7 nitrogen and oxygen atoms in total. The molecule has 0 radical (unpaired) electrons. The lowest BCUT2D eigenvalue weighted by molar-refractivity contribution is -0.121. The van der Waals surface area contributed by atoms with Crippen molar-refractivity contribution in [2.24, 2.45) is 10.9 Å². The average Bonchev–Trinajstić information content (AvgIpc) is 2.80. The fraction of sp³-hybridized carbons (Fsp3) is 0.609. The summed E-state index contributed by atoms with van der Waals surface area (Å²) in [6.07, 6.45) is 6.01. The molecule has 0 spiro atoms. The first kappa shape index (κ1) is 25.4. The number of nitrogens with zero attached hydrogens (tertiary/aromatic N) is 3. The van der Waals surface area contributed by atoms with E-state index < -0.39 is 0 Å². The molecule has 8 heteroatoms. The predicted molar refractivity (Wildman–Crippen MR) is 135 cm³/mol. The molecule has 0 aromatic heterocycles. The number of piperidine rings is 2. The molecular weight excluding hydrogens is 505 g/mol. The molecule has 0 aliphatic carbocycles. The van der Waals surface area contributed by atoms with Crippen LogP contribution in [-0.4, -0.2) is 67.8 Å². The van der Waals surface area contributed by atoms with Gasteiger partial charge < -0.3 is 20.4 Å². The van der Waals surface area contributed by atoms with Gasteiger partial charge in [0.1, 0.15) is 0 Å². The maximum absolute atomic E-state index is 12.8. The van der Waals surface area contributed by atoms with Gasteiger partial charge >= 0.3 is 0 Å². The van der Waals surface area contributed by atoms with Crippen molar-refractivity contribution in [1.29, 1.82) is 0 Å². The van der Waals surface area contributed by atoms with Gasteiger partial charge in [0.25, 0.3) is 5.91 Å². The monoisotopic (exact) mass is 541 g/mol. The van der Waals surface area contributed by atoms with Crippen molar-refractivity contribution in [2.45, 2.75) is 45.1 Å². The molecule has 2 N–H and O–H groups in total. The van der Waals surface area contributed by atoms with Crippen LogP contribution in [0.1, 0.15) is 54.4 Å². The number of hydrogen-bond acceptors (Lipinski definition) is 3. The second-order valence-electron chi connectivity index (χ2n) is 8.26. The van der Waals surface area contributed by atoms with E-state index in [1.165, 1.54) is 6.42 Å². The van der Waals surface area contributed by atoms with Gasteiger partial charge in [-0.25, -0.2) is 0 Å². The molecule has 2 amide bonds. The van der Waals surface area contributed by atoms with E-state index in [2.05, 4.69) is 20.5 Å². The van der Waals surface area contributed by atoms with E-state index in [0.717, 1.165) is 68.9 Å². The Kier molecular flexibility index (Phi) is 10.6. The van der Waals surface area contributed by atoms with Crippen LogP contribution in [0.15, 0.2) is 29.3 Å². The fourth-order valence-corrected chi connectivity index (χ4v) is 4.32. The van der Waals surface area contributed by atoms with Crippen molar-refractivity contribution in [3.8, 4) is 0 Å². The van der Waals surface area contributed by atoms with E-state index in [0.29, 0.717) is 18.9 Å². The quantitative estimate of drug-likeness (QED) is 0.342. The zero-order valence-electron chi connectivity index (χ0n) is 18.7. The highest BCUT2D eigenvalue weighted by molar-refractivity contribution is 14.0. The SMILES string of the molecule is CN=C(NCc1cccc(C(=O)N2CCCCC2)c1)N1CCC(CC(=O)NC)CC1.I. The molecule has 0 atom stereocenters. The van der Waals surface area contributed by atoms with Crippen molar-refractivity contribution < 1.29 is 9.59 Å². The molecule has 172 valence electrons. The second-order valence-corrected chi connectivity index (χ2v) is 8.26. The second kappa shape index (κ2) is 12.9. The first-order chi connectivity index (χ1) is 14.6. The van der Waals surface area contributed by atoms with Crippen molar-refractivity contribution in [3.05, 3.63) is 35.4 Å². The lowest BCUT2D eigenvalue weighted by Gasteiger charge is -2.34. The summed E-state index contributed by atoms with van der Waals surface area (Å²) in [5.74, 6) is 1.58. The number of benzene rings is 1. The van der Waals surface area contributed by atoms with E-state index in [-0.39, 0.29) is 35.8 Å². The van der Waals surface area contributed by atoms with Crippen LogP contribution in [-0.2, 0) is 11.3 Å². The molecule has 2 fully saturated rings. The Morgan fingerprint density at radius 3 is 2.42 bits per heavy atom. The molecule has 31 heavy (non-hydrogen) atoms. The normalized spacial score (nSPS) is 17.7. The Bertz CT molecular complexity index is 756. The van der Waals surface area contributed by atoms with Crippen LogP contribution in [0.3, 0.4) is 0 Å². The summed E-state index contributed by atoms with van der Waals surface area (Å²) < 4.78 is 0. The standard InChI is InChI=1S/C23H35N5O2.HI/c1-24-21(29)16-18-9-13-28(14-10-18)23(25-2)26-17-19-7-6-8-20(15-19)22(30)27-11-4-3-5-12-27;/h6-8,15,18H,3-5,9-14,16-17H2,1-2H3,(H,24,29)(H,25,26);1H. The van der Waals surface area contributed by atoms with Crippen LogP contribution in [0.2, 0.25) is 0 Å². The third kappa shape index (κ3) is 7.36. The summed E-state index contributed by atoms with van der Waals surface area (Å²) in [6, 6.07) is 7.91. The number of amides is 2. The zero-order valence-corrected chi connectivity index (χ0v) is 21.1. The van der Waals surface area contributed by atoms with E-state index in [9.17, 15) is 9.59 Å². The smallest absolute Gasteiger partial charge is 0.253 e. The highest BCUT2D eigenvalue weighted by Gasteiger charge is 2.23. The van der Waals surface area contributed by atoms with Gasteiger partial charge in [0.2, 0.25) is 5.91 Å². The van der Waals surface area contributed by atoms with Crippen LogP contribution >= 0.6 is 24.0 Å². The highest BCUT2D eigenvalue weighted by Crippen LogP contribution is 2.20. The van der Waals surface area contributed by atoms with Gasteiger partial charge in [-0.3, -0.25) is 14.6 Å². The molecule has 2 aliphatic heterocycles. The van der Waals surface area contributed by atoms with E-state index in [4.69, 9.17) is 0 Å². The summed E-state index contributed by atoms with van der Waals surface area (Å²) in [5.41, 5.74) is 1.84. The Hall–Kier alpha value is -1.84. The third-order valence-corrected chi connectivity index (χ3v) is 6.15. The molecule has 1 aromatic carbocycles. The number of rotatable bonds is 5. The summed E-state index contributed by atoms with van der Waals surface area (Å²) in [5, 5.41) is 6.15. The Balaban J connectivity index is 0.00000341. The van der Waals surface area contributed by atoms with Gasteiger partial charge in [0, 0.05) is 58.8 Å². The molecule has 2 aliphatic rings. The van der Waals surface area contributed by atoms with Crippen LogP contribution in [0, 0.1) is 5.92 Å². The number of guanidine groups is 1. The fourth-order valence-electron chi connectivity index (χ4n) is 4.32. The van der Waals surface area contributed by atoms with Gasteiger partial charge in [-0.05, 0) is 55.7 Å². The molecular formula is C23H36IN5O2. The van der Waals surface area contributed by atoms with Crippen molar-refractivity contribution >= 4 is 41.8 Å². The summed E-state index contributed by atoms with van der Waals surface area (Å²) in [4.78, 5) is 33.0. The third-order valence-electron chi connectivity index (χ3n) is 6.15. The van der Waals surface area contributed by atoms with Gasteiger partial charge in [-0.15, -0.1) is 24.0 Å². The highest BCUT2D eigenvalue weighted by atomic mass is 127. The minimum atomic E-state index is 0. The molecule has 0 bridgehead atoms. The predicted octanol–water partition coefficient (Wildman–Crippen LogP) is 2.85. The van der Waals surface area contributed by atoms with Gasteiger partial charge in [-0.2, -0.15) is 0 Å². The number of aliphatic imine (C=N–C) groups is 1. The topological polar surface area (TPSA) is 77.0 Å². The average molecular weight is 541 g/mol. The lowest BCUT2D eigenvalue weighted by atomic mass is 9.93. The first-order valence-corrected chi connectivity index (χ1v) is 11.1. The number of carbonyl (C=O) groups excluding carboxylic acids is 2. The molecule has 2 saturated heterocycles. The van der Waals surface area contributed by atoms with Crippen molar-refractivity contribution in [3.63, 3.8) is 0 Å². The molecule has 3 rings (SSSR count). The van der Waals surface area contributed by atoms with E-state index in [1.807, 2.05) is 29.2 Å². The number of nitrogens with one attached hydrogen (secondary N) is 2. The Morgan fingerprint density at radius 1 is 1.06 bits per heavy atom. The minimum absolute atomic E-state index is 0. The van der Waals surface area contributed by atoms with Crippen LogP contribution < -0.4 is 10.6 Å². The van der Waals surface area contributed by atoms with E-state index >= 15 is 0 Å². The minimum Gasteiger partial charge on any atom is -0.359 e. The summed E-state index contributed by atoms with van der Waals surface area (Å²) in [6.45, 7) is 4.16. The Labute approximate surface area is 203 Å². The lowest BCUT2D eigenvalue weighted by Crippen LogP contribution is -2.45. The largest absolute Gasteiger partial charge is 0.359 e. The maximum Gasteiger partial charge on any atom is 0.253 e. The van der Waals surface area contributed by atoms with E-state index in [1.54, 1.807) is 14.1 Å². The maximum atomic E-state index is 12.8. The molecule has 1 aromatic rings. The summed E-state index contributed by atoms with van der Waals surface area (Å²) >= 11 is 0. The first-order valence-electron chi connectivity index (χ1n) is 11.1. The molecule has 0 unspecified atom stereocenters. The Morgan fingerprint density at radius 2 is 1.77 bits per heavy atom. The number of hydrogen-bond donors (Lipinski definition) is 2. The molecule has 0 saturated carbocycles. The van der Waals surface area contributed by atoms with Crippen LogP contribution in [0.4, 0.5) is 0 Å². The molecule has 2 heterocycles. The van der Waals surface area contributed by atoms with Crippen LogP contribution in [0.25, 0.3) is 0 Å². The number of likely N-dealkylation sites (tertiary alicyclic amines) is 2.